The van der Waals surface area contributed by atoms with Crippen molar-refractivity contribution in [1.29, 1.82) is 0 Å². The maximum atomic E-state index is 11.2. The van der Waals surface area contributed by atoms with Crippen molar-refractivity contribution in [3.05, 3.63) is 0 Å². The molecule has 0 saturated carbocycles. The standard InChI is InChI=1S/C10H18N2O3/c1-3-4-9(11)10(13)12-5-6-15-8-7-14-2/h1,9H,4-8,11H2,2H3,(H,12,13). The molecule has 0 aliphatic carbocycles. The molecule has 1 atom stereocenters. The molecule has 5 nitrogen and oxygen atoms in total. The van der Waals surface area contributed by atoms with Gasteiger partial charge in [-0.1, -0.05) is 0 Å². The summed E-state index contributed by atoms with van der Waals surface area (Å²) >= 11 is 0. The van der Waals surface area contributed by atoms with Gasteiger partial charge in [0.1, 0.15) is 0 Å². The van der Waals surface area contributed by atoms with Crippen molar-refractivity contribution in [3.63, 3.8) is 0 Å². The van der Waals surface area contributed by atoms with E-state index < -0.39 is 6.04 Å². The summed E-state index contributed by atoms with van der Waals surface area (Å²) in [4.78, 5) is 11.2. The van der Waals surface area contributed by atoms with Gasteiger partial charge in [-0.25, -0.2) is 0 Å². The van der Waals surface area contributed by atoms with Gasteiger partial charge in [-0.3, -0.25) is 4.79 Å². The monoisotopic (exact) mass is 214 g/mol. The fourth-order valence-electron chi connectivity index (χ4n) is 0.841. The first-order chi connectivity index (χ1) is 7.22. The zero-order chi connectivity index (χ0) is 11.5. The number of methoxy groups -OCH3 is 1. The minimum Gasteiger partial charge on any atom is -0.382 e. The molecule has 0 spiro atoms. The van der Waals surface area contributed by atoms with Crippen LogP contribution >= 0.6 is 0 Å². The zero-order valence-corrected chi connectivity index (χ0v) is 8.99. The van der Waals surface area contributed by atoms with Crippen molar-refractivity contribution >= 4 is 5.91 Å². The number of rotatable bonds is 8. The Labute approximate surface area is 90.3 Å². The van der Waals surface area contributed by atoms with Crippen LogP contribution in [-0.4, -0.2) is 45.4 Å². The number of nitrogens with two attached hydrogens (primary N) is 1. The molecule has 3 N–H and O–H groups in total. The van der Waals surface area contributed by atoms with Crippen LogP contribution in [-0.2, 0) is 14.3 Å². The molecule has 0 aromatic heterocycles. The molecule has 0 rings (SSSR count). The van der Waals surface area contributed by atoms with Crippen LogP contribution in [0.15, 0.2) is 0 Å². The van der Waals surface area contributed by atoms with Crippen LogP contribution in [0.1, 0.15) is 6.42 Å². The summed E-state index contributed by atoms with van der Waals surface area (Å²) in [5.41, 5.74) is 5.47. The fraction of sp³-hybridized carbons (Fsp3) is 0.700. The van der Waals surface area contributed by atoms with E-state index in [1.807, 2.05) is 0 Å². The number of terminal acetylenes is 1. The van der Waals surface area contributed by atoms with Crippen molar-refractivity contribution in [2.75, 3.05) is 33.5 Å². The lowest BCUT2D eigenvalue weighted by Crippen LogP contribution is -2.41. The molecule has 1 amide bonds. The van der Waals surface area contributed by atoms with Crippen LogP contribution in [0, 0.1) is 12.3 Å². The molecule has 15 heavy (non-hydrogen) atoms. The first kappa shape index (κ1) is 13.9. The van der Waals surface area contributed by atoms with Crippen LogP contribution in [0.4, 0.5) is 0 Å². The van der Waals surface area contributed by atoms with Crippen molar-refractivity contribution in [2.24, 2.45) is 5.73 Å². The molecule has 0 aromatic carbocycles. The van der Waals surface area contributed by atoms with Gasteiger partial charge in [-0.15, -0.1) is 12.3 Å². The van der Waals surface area contributed by atoms with Crippen LogP contribution in [0.5, 0.6) is 0 Å². The van der Waals surface area contributed by atoms with Gasteiger partial charge in [0.2, 0.25) is 5.91 Å². The fourth-order valence-corrected chi connectivity index (χ4v) is 0.841. The minimum absolute atomic E-state index is 0.246. The second kappa shape index (κ2) is 9.46. The molecule has 86 valence electrons. The van der Waals surface area contributed by atoms with E-state index >= 15 is 0 Å². The quantitative estimate of drug-likeness (QED) is 0.406. The van der Waals surface area contributed by atoms with E-state index in [0.717, 1.165) is 0 Å². The number of carbonyl (C=O) groups is 1. The largest absolute Gasteiger partial charge is 0.382 e. The third-order valence-electron chi connectivity index (χ3n) is 1.65. The van der Waals surface area contributed by atoms with Gasteiger partial charge in [0, 0.05) is 20.1 Å². The molecule has 0 aliphatic rings. The lowest BCUT2D eigenvalue weighted by atomic mass is 10.2. The average Bonchev–Trinajstić information content (AvgIpc) is 2.23. The highest BCUT2D eigenvalue weighted by Crippen LogP contribution is 1.85. The number of hydrogen-bond acceptors (Lipinski definition) is 4. The summed E-state index contributed by atoms with van der Waals surface area (Å²) in [6.45, 7) is 1.94. The number of hydrogen-bond donors (Lipinski definition) is 2. The summed E-state index contributed by atoms with van der Waals surface area (Å²) in [7, 11) is 1.60. The van der Waals surface area contributed by atoms with Gasteiger partial charge in [-0.05, 0) is 0 Å². The highest BCUT2D eigenvalue weighted by atomic mass is 16.5. The summed E-state index contributed by atoms with van der Waals surface area (Å²) in [6.07, 6.45) is 5.27. The zero-order valence-electron chi connectivity index (χ0n) is 8.99. The Bertz CT molecular complexity index is 213. The lowest BCUT2D eigenvalue weighted by molar-refractivity contribution is -0.122. The normalized spacial score (nSPS) is 11.8. The SMILES string of the molecule is C#CCC(N)C(=O)NCCOCCOC. The number of carbonyl (C=O) groups excluding carboxylic acids is 1. The van der Waals surface area contributed by atoms with E-state index in [-0.39, 0.29) is 12.3 Å². The van der Waals surface area contributed by atoms with E-state index in [4.69, 9.17) is 21.6 Å². The van der Waals surface area contributed by atoms with Gasteiger partial charge in [0.25, 0.3) is 0 Å². The van der Waals surface area contributed by atoms with E-state index in [9.17, 15) is 4.79 Å². The van der Waals surface area contributed by atoms with Crippen molar-refractivity contribution in [3.8, 4) is 12.3 Å². The Morgan fingerprint density at radius 3 is 2.87 bits per heavy atom. The Morgan fingerprint density at radius 1 is 1.53 bits per heavy atom. The Balaban J connectivity index is 3.35. The number of ether oxygens (including phenoxy) is 2. The Kier molecular flexibility index (Phi) is 8.78. The molecule has 0 bridgehead atoms. The third-order valence-corrected chi connectivity index (χ3v) is 1.65. The molecule has 0 radical (unpaired) electrons. The Morgan fingerprint density at radius 2 is 2.27 bits per heavy atom. The summed E-state index contributed by atoms with van der Waals surface area (Å²) in [6, 6.07) is -0.631. The Hall–Kier alpha value is -1.09. The maximum Gasteiger partial charge on any atom is 0.237 e. The van der Waals surface area contributed by atoms with Crippen molar-refractivity contribution in [2.45, 2.75) is 12.5 Å². The van der Waals surface area contributed by atoms with Gasteiger partial charge in [-0.2, -0.15) is 0 Å². The van der Waals surface area contributed by atoms with Crippen LogP contribution < -0.4 is 11.1 Å². The molecular formula is C10H18N2O3. The predicted octanol–water partition coefficient (Wildman–Crippen LogP) is -0.884. The molecule has 0 fully saturated rings. The molecule has 0 aromatic rings. The molecule has 0 saturated heterocycles. The molecule has 5 heteroatoms. The van der Waals surface area contributed by atoms with Gasteiger partial charge in [0.15, 0.2) is 0 Å². The highest BCUT2D eigenvalue weighted by Gasteiger charge is 2.10. The highest BCUT2D eigenvalue weighted by molar-refractivity contribution is 5.81. The van der Waals surface area contributed by atoms with E-state index in [0.29, 0.717) is 26.4 Å². The van der Waals surface area contributed by atoms with Crippen molar-refractivity contribution in [1.82, 2.24) is 5.32 Å². The number of amides is 1. The number of nitrogens with one attached hydrogen (secondary N) is 1. The molecule has 1 unspecified atom stereocenters. The van der Waals surface area contributed by atoms with Gasteiger partial charge < -0.3 is 20.5 Å². The van der Waals surface area contributed by atoms with E-state index in [1.165, 1.54) is 0 Å². The third kappa shape index (κ3) is 7.94. The second-order valence-corrected chi connectivity index (χ2v) is 2.91. The molecular weight excluding hydrogens is 196 g/mol. The predicted molar refractivity (Wildman–Crippen MR) is 57.1 cm³/mol. The summed E-state index contributed by atoms with van der Waals surface area (Å²) in [5.74, 6) is 2.09. The first-order valence-corrected chi connectivity index (χ1v) is 4.75. The molecule has 0 aliphatic heterocycles. The maximum absolute atomic E-state index is 11.2. The van der Waals surface area contributed by atoms with Gasteiger partial charge in [0.05, 0.1) is 25.9 Å². The minimum atomic E-state index is -0.631. The lowest BCUT2D eigenvalue weighted by Gasteiger charge is -2.09. The smallest absolute Gasteiger partial charge is 0.237 e. The van der Waals surface area contributed by atoms with Crippen LogP contribution in [0.3, 0.4) is 0 Å². The second-order valence-electron chi connectivity index (χ2n) is 2.91. The van der Waals surface area contributed by atoms with E-state index in [2.05, 4.69) is 11.2 Å². The van der Waals surface area contributed by atoms with Crippen LogP contribution in [0.25, 0.3) is 0 Å². The molecule has 0 heterocycles. The average molecular weight is 214 g/mol. The topological polar surface area (TPSA) is 73.6 Å². The van der Waals surface area contributed by atoms with Crippen LogP contribution in [0.2, 0.25) is 0 Å². The van der Waals surface area contributed by atoms with E-state index in [1.54, 1.807) is 7.11 Å². The first-order valence-electron chi connectivity index (χ1n) is 4.75. The summed E-state index contributed by atoms with van der Waals surface area (Å²) < 4.78 is 9.93. The van der Waals surface area contributed by atoms with Gasteiger partial charge >= 0.3 is 0 Å². The summed E-state index contributed by atoms with van der Waals surface area (Å²) in [5, 5.41) is 2.62. The van der Waals surface area contributed by atoms with Crippen molar-refractivity contribution < 1.29 is 14.3 Å².